The lowest BCUT2D eigenvalue weighted by Crippen LogP contribution is -2.30. The van der Waals surface area contributed by atoms with E-state index in [9.17, 15) is 0 Å². The van der Waals surface area contributed by atoms with Crippen molar-refractivity contribution in [2.45, 2.75) is 106 Å². The molecule has 0 aliphatic heterocycles. The number of halogens is 1. The van der Waals surface area contributed by atoms with E-state index in [-0.39, 0.29) is 12.4 Å². The Bertz CT molecular complexity index is 879. The molecule has 0 atom stereocenters. The lowest BCUT2D eigenvalue weighted by Gasteiger charge is -2.22. The first-order chi connectivity index (χ1) is 20.6. The molecule has 244 valence electrons. The lowest BCUT2D eigenvalue weighted by molar-refractivity contribution is 0.204. The van der Waals surface area contributed by atoms with Gasteiger partial charge >= 0.3 is 0 Å². The Labute approximate surface area is 271 Å². The summed E-state index contributed by atoms with van der Waals surface area (Å²) < 4.78 is 12.3. The quantitative estimate of drug-likeness (QED) is 0.110. The molecule has 2 aromatic rings. The number of allylic oxidation sites excluding steroid dienone is 2. The van der Waals surface area contributed by atoms with E-state index < -0.39 is 0 Å². The molecule has 0 unspecified atom stereocenters. The smallest absolute Gasteiger partial charge is 0.119 e. The average Bonchev–Trinajstić information content (AvgIpc) is 3.02. The molecule has 0 amide bonds. The predicted molar refractivity (Wildman–Crippen MR) is 191 cm³/mol. The minimum atomic E-state index is 0. The zero-order valence-electron chi connectivity index (χ0n) is 28.5. The summed E-state index contributed by atoms with van der Waals surface area (Å²) in [4.78, 5) is 5.11. The number of rotatable bonds is 24. The molecule has 0 N–H and O–H groups in total. The second kappa shape index (κ2) is 24.3. The number of benzene rings is 2. The molecule has 0 fully saturated rings. The van der Waals surface area contributed by atoms with E-state index in [1.807, 2.05) is 0 Å². The Kier molecular flexibility index (Phi) is 22.1. The van der Waals surface area contributed by atoms with Crippen molar-refractivity contribution < 1.29 is 9.47 Å². The second-order valence-electron chi connectivity index (χ2n) is 11.5. The van der Waals surface area contributed by atoms with Gasteiger partial charge in [-0.25, -0.2) is 0 Å². The van der Waals surface area contributed by atoms with E-state index in [0.717, 1.165) is 50.6 Å². The van der Waals surface area contributed by atoms with E-state index in [1.165, 1.54) is 99.8 Å². The number of hydrogen-bond donors (Lipinski definition) is 0. The zero-order valence-corrected chi connectivity index (χ0v) is 29.3. The minimum Gasteiger partial charge on any atom is -0.492 e. The number of ether oxygens (including phenoxy) is 2. The molecule has 2 rings (SSSR count). The molecule has 43 heavy (non-hydrogen) atoms. The Morgan fingerprint density at radius 2 is 0.767 bits per heavy atom. The Morgan fingerprint density at radius 1 is 0.465 bits per heavy atom. The fourth-order valence-electron chi connectivity index (χ4n) is 5.47. The maximum atomic E-state index is 6.16. The highest BCUT2D eigenvalue weighted by molar-refractivity contribution is 5.90. The topological polar surface area (TPSA) is 24.9 Å². The van der Waals surface area contributed by atoms with Crippen molar-refractivity contribution in [2.24, 2.45) is 0 Å². The van der Waals surface area contributed by atoms with E-state index in [0.29, 0.717) is 0 Å². The monoisotopic (exact) mass is 614 g/mol. The van der Waals surface area contributed by atoms with Gasteiger partial charge < -0.3 is 9.47 Å². The van der Waals surface area contributed by atoms with Gasteiger partial charge in [-0.2, -0.15) is 0 Å². The molecule has 0 saturated heterocycles. The number of nitrogens with zero attached hydrogens (tertiary/aromatic N) is 2. The fourth-order valence-corrected chi connectivity index (χ4v) is 5.47. The van der Waals surface area contributed by atoms with Crippen LogP contribution in [0.4, 0.5) is 0 Å². The molecule has 0 radical (unpaired) electrons. The third-order valence-corrected chi connectivity index (χ3v) is 8.14. The SMILES string of the molecule is CCCCN(CCCC)CCOc1ccc(/C(CC)=C(/CC)c2ccc(OCCN(CCCC)CCCC)cc2)cc1.Cl. The van der Waals surface area contributed by atoms with Crippen LogP contribution < -0.4 is 9.47 Å². The summed E-state index contributed by atoms with van der Waals surface area (Å²) in [6.07, 6.45) is 12.0. The van der Waals surface area contributed by atoms with Crippen molar-refractivity contribution in [1.29, 1.82) is 0 Å². The molecule has 0 bridgehead atoms. The molecule has 0 heterocycles. The summed E-state index contributed by atoms with van der Waals surface area (Å²) in [6.45, 7) is 21.8. The molecule has 5 heteroatoms. The van der Waals surface area contributed by atoms with Crippen LogP contribution in [0.1, 0.15) is 117 Å². The maximum Gasteiger partial charge on any atom is 0.119 e. The van der Waals surface area contributed by atoms with E-state index in [4.69, 9.17) is 9.47 Å². The van der Waals surface area contributed by atoms with Crippen molar-refractivity contribution in [2.75, 3.05) is 52.5 Å². The molecule has 2 aromatic carbocycles. The summed E-state index contributed by atoms with van der Waals surface area (Å²) in [7, 11) is 0. The van der Waals surface area contributed by atoms with Gasteiger partial charge in [0.15, 0.2) is 0 Å². The highest BCUT2D eigenvalue weighted by Gasteiger charge is 2.11. The number of hydrogen-bond acceptors (Lipinski definition) is 4. The lowest BCUT2D eigenvalue weighted by atomic mass is 9.91. The Hall–Kier alpha value is -2.01. The molecular weight excluding hydrogens is 552 g/mol. The van der Waals surface area contributed by atoms with Gasteiger partial charge in [0.05, 0.1) is 0 Å². The zero-order chi connectivity index (χ0) is 30.4. The van der Waals surface area contributed by atoms with Gasteiger partial charge in [0, 0.05) is 13.1 Å². The fraction of sp³-hybridized carbons (Fsp3) is 0.632. The summed E-state index contributed by atoms with van der Waals surface area (Å²) >= 11 is 0. The van der Waals surface area contributed by atoms with Gasteiger partial charge in [0.25, 0.3) is 0 Å². The second-order valence-corrected chi connectivity index (χ2v) is 11.5. The molecule has 4 nitrogen and oxygen atoms in total. The largest absolute Gasteiger partial charge is 0.492 e. The molecule has 0 spiro atoms. The summed E-state index contributed by atoms with van der Waals surface area (Å²) in [5.41, 5.74) is 5.39. The first-order valence-corrected chi connectivity index (χ1v) is 17.2. The average molecular weight is 615 g/mol. The van der Waals surface area contributed by atoms with Crippen LogP contribution in [0, 0.1) is 0 Å². The first-order valence-electron chi connectivity index (χ1n) is 17.2. The van der Waals surface area contributed by atoms with Gasteiger partial charge in [-0.3, -0.25) is 9.80 Å². The molecular formula is C38H63ClN2O2. The van der Waals surface area contributed by atoms with Crippen LogP contribution in [-0.2, 0) is 0 Å². The molecule has 0 aromatic heterocycles. The van der Waals surface area contributed by atoms with Crippen molar-refractivity contribution in [1.82, 2.24) is 9.80 Å². The summed E-state index contributed by atoms with van der Waals surface area (Å²) in [5.74, 6) is 1.92. The molecule has 0 saturated carbocycles. The van der Waals surface area contributed by atoms with E-state index >= 15 is 0 Å². The summed E-state index contributed by atoms with van der Waals surface area (Å²) in [6, 6.07) is 17.5. The van der Waals surface area contributed by atoms with Crippen LogP contribution in [-0.4, -0.2) is 62.3 Å². The third kappa shape index (κ3) is 15.0. The van der Waals surface area contributed by atoms with E-state index in [1.54, 1.807) is 0 Å². The normalized spacial score (nSPS) is 11.9. The highest BCUT2D eigenvalue weighted by Crippen LogP contribution is 2.33. The van der Waals surface area contributed by atoms with Crippen LogP contribution in [0.15, 0.2) is 48.5 Å². The number of unbranched alkanes of at least 4 members (excludes halogenated alkanes) is 4. The van der Waals surface area contributed by atoms with Gasteiger partial charge in [0.2, 0.25) is 0 Å². The Balaban J connectivity index is 0.00000924. The maximum absolute atomic E-state index is 6.16. The van der Waals surface area contributed by atoms with Crippen LogP contribution >= 0.6 is 12.4 Å². The van der Waals surface area contributed by atoms with Gasteiger partial charge in [0.1, 0.15) is 24.7 Å². The minimum absolute atomic E-state index is 0. The van der Waals surface area contributed by atoms with Crippen LogP contribution in [0.2, 0.25) is 0 Å². The molecule has 0 aliphatic rings. The van der Waals surface area contributed by atoms with Gasteiger partial charge in [-0.15, -0.1) is 12.4 Å². The highest BCUT2D eigenvalue weighted by atomic mass is 35.5. The van der Waals surface area contributed by atoms with Crippen molar-refractivity contribution in [3.05, 3.63) is 59.7 Å². The van der Waals surface area contributed by atoms with Gasteiger partial charge in [-0.1, -0.05) is 91.5 Å². The van der Waals surface area contributed by atoms with Crippen LogP contribution in [0.25, 0.3) is 11.1 Å². The standard InChI is InChI=1S/C38H62N2O2.ClH/c1-7-13-25-39(26-14-8-2)29-31-41-35-21-17-33(18-22-35)37(11-5)38(12-6)34-19-23-36(24-20-34)42-32-30-40(27-15-9-3)28-16-10-4;/h17-24H,7-16,25-32H2,1-6H3;1H/b38-37-;. The molecule has 0 aliphatic carbocycles. The van der Waals surface area contributed by atoms with E-state index in [2.05, 4.69) is 99.9 Å². The third-order valence-electron chi connectivity index (χ3n) is 8.14. The van der Waals surface area contributed by atoms with Crippen molar-refractivity contribution >= 4 is 23.6 Å². The van der Waals surface area contributed by atoms with Gasteiger partial charge in [-0.05, 0) is 111 Å². The Morgan fingerprint density at radius 3 is 1.02 bits per heavy atom. The summed E-state index contributed by atoms with van der Waals surface area (Å²) in [5, 5.41) is 0. The predicted octanol–water partition coefficient (Wildman–Crippen LogP) is 10.4. The van der Waals surface area contributed by atoms with Crippen molar-refractivity contribution in [3.8, 4) is 11.5 Å². The van der Waals surface area contributed by atoms with Crippen molar-refractivity contribution in [3.63, 3.8) is 0 Å². The van der Waals surface area contributed by atoms with Crippen LogP contribution in [0.5, 0.6) is 11.5 Å². The van der Waals surface area contributed by atoms with Crippen LogP contribution in [0.3, 0.4) is 0 Å². The first kappa shape index (κ1) is 39.0.